The number of aromatic nitrogens is 1. The van der Waals surface area contributed by atoms with Gasteiger partial charge in [0.1, 0.15) is 11.6 Å². The van der Waals surface area contributed by atoms with Gasteiger partial charge in [-0.15, -0.1) is 0 Å². The molecule has 0 aliphatic heterocycles. The van der Waals surface area contributed by atoms with Crippen LogP contribution in [0.5, 0.6) is 0 Å². The largest absolute Gasteiger partial charge is 0.329 e. The number of halogens is 3. The van der Waals surface area contributed by atoms with E-state index in [0.717, 1.165) is 32.9 Å². The summed E-state index contributed by atoms with van der Waals surface area (Å²) in [5.74, 6) is -1.01. The summed E-state index contributed by atoms with van der Waals surface area (Å²) in [4.78, 5) is 4.33. The van der Waals surface area contributed by atoms with E-state index in [1.54, 1.807) is 0 Å². The molecule has 0 bridgehead atoms. The number of benzene rings is 2. The second kappa shape index (κ2) is 4.86. The maximum atomic E-state index is 13.5. The molecule has 0 aliphatic carbocycles. The molecule has 0 aliphatic rings. The van der Waals surface area contributed by atoms with Crippen LogP contribution in [0.3, 0.4) is 0 Å². The number of thiazole rings is 1. The van der Waals surface area contributed by atoms with E-state index in [-0.39, 0.29) is 5.69 Å². The third-order valence-corrected chi connectivity index (χ3v) is 3.96. The molecule has 1 heterocycles. The summed E-state index contributed by atoms with van der Waals surface area (Å²) >= 11 is 4.75. The zero-order valence-corrected chi connectivity index (χ0v) is 11.9. The molecule has 0 unspecified atom stereocenters. The van der Waals surface area contributed by atoms with Crippen LogP contribution in [0.25, 0.3) is 10.2 Å². The smallest absolute Gasteiger partial charge is 0.188 e. The van der Waals surface area contributed by atoms with Crippen molar-refractivity contribution in [2.24, 2.45) is 0 Å². The molecule has 0 fully saturated rings. The molecule has 3 aromatic rings. The van der Waals surface area contributed by atoms with Crippen LogP contribution in [-0.2, 0) is 0 Å². The Morgan fingerprint density at radius 3 is 2.79 bits per heavy atom. The molecule has 19 heavy (non-hydrogen) atoms. The van der Waals surface area contributed by atoms with E-state index < -0.39 is 11.6 Å². The van der Waals surface area contributed by atoms with E-state index in [1.807, 2.05) is 18.2 Å². The molecule has 1 aromatic heterocycles. The molecule has 0 saturated heterocycles. The molecule has 0 atom stereocenters. The van der Waals surface area contributed by atoms with Gasteiger partial charge in [0.15, 0.2) is 5.13 Å². The first kappa shape index (κ1) is 12.5. The maximum absolute atomic E-state index is 13.5. The Morgan fingerprint density at radius 1 is 1.11 bits per heavy atom. The summed E-state index contributed by atoms with van der Waals surface area (Å²) in [6, 6.07) is 8.98. The van der Waals surface area contributed by atoms with Crippen molar-refractivity contribution in [3.8, 4) is 0 Å². The zero-order chi connectivity index (χ0) is 13.4. The fourth-order valence-electron chi connectivity index (χ4n) is 1.66. The van der Waals surface area contributed by atoms with Crippen LogP contribution >= 0.6 is 27.3 Å². The lowest BCUT2D eigenvalue weighted by atomic mass is 10.3. The minimum atomic E-state index is -0.512. The van der Waals surface area contributed by atoms with Crippen molar-refractivity contribution >= 4 is 48.3 Å². The van der Waals surface area contributed by atoms with Gasteiger partial charge in [-0.3, -0.25) is 0 Å². The molecule has 0 amide bonds. The third kappa shape index (κ3) is 2.59. The monoisotopic (exact) mass is 340 g/mol. The predicted molar refractivity (Wildman–Crippen MR) is 77.0 cm³/mol. The number of hydrogen-bond donors (Lipinski definition) is 1. The maximum Gasteiger partial charge on any atom is 0.188 e. The van der Waals surface area contributed by atoms with Gasteiger partial charge < -0.3 is 5.32 Å². The third-order valence-electron chi connectivity index (χ3n) is 2.52. The molecular weight excluding hydrogens is 334 g/mol. The molecule has 2 aromatic carbocycles. The van der Waals surface area contributed by atoms with Gasteiger partial charge in [0.25, 0.3) is 0 Å². The Morgan fingerprint density at radius 2 is 1.95 bits per heavy atom. The van der Waals surface area contributed by atoms with Gasteiger partial charge in [0.05, 0.1) is 15.9 Å². The Balaban J connectivity index is 1.98. The number of hydrogen-bond acceptors (Lipinski definition) is 3. The highest BCUT2D eigenvalue weighted by Crippen LogP contribution is 2.30. The highest BCUT2D eigenvalue weighted by molar-refractivity contribution is 9.10. The fourth-order valence-corrected chi connectivity index (χ4v) is 2.87. The van der Waals surface area contributed by atoms with Crippen molar-refractivity contribution in [3.63, 3.8) is 0 Å². The average Bonchev–Trinajstić information content (AvgIpc) is 2.75. The van der Waals surface area contributed by atoms with Crippen LogP contribution in [0.1, 0.15) is 0 Å². The van der Waals surface area contributed by atoms with Crippen molar-refractivity contribution < 1.29 is 8.78 Å². The highest BCUT2D eigenvalue weighted by atomic mass is 79.9. The summed E-state index contributed by atoms with van der Waals surface area (Å²) in [6.07, 6.45) is 0. The second-order valence-corrected chi connectivity index (χ2v) is 5.83. The molecule has 3 rings (SSSR count). The zero-order valence-electron chi connectivity index (χ0n) is 9.45. The fraction of sp³-hybridized carbons (Fsp3) is 0. The van der Waals surface area contributed by atoms with E-state index >= 15 is 0 Å². The van der Waals surface area contributed by atoms with Gasteiger partial charge >= 0.3 is 0 Å². The van der Waals surface area contributed by atoms with E-state index in [4.69, 9.17) is 0 Å². The minimum Gasteiger partial charge on any atom is -0.329 e. The molecule has 96 valence electrons. The van der Waals surface area contributed by atoms with Crippen LogP contribution in [0.4, 0.5) is 19.6 Å². The summed E-state index contributed by atoms with van der Waals surface area (Å²) < 4.78 is 28.5. The van der Waals surface area contributed by atoms with Gasteiger partial charge in [-0.05, 0) is 30.3 Å². The predicted octanol–water partition coefficient (Wildman–Crippen LogP) is 5.08. The molecule has 0 saturated carbocycles. The van der Waals surface area contributed by atoms with Crippen LogP contribution in [0, 0.1) is 11.6 Å². The van der Waals surface area contributed by atoms with Crippen LogP contribution < -0.4 is 5.32 Å². The average molecular weight is 341 g/mol. The lowest BCUT2D eigenvalue weighted by Gasteiger charge is -2.03. The van der Waals surface area contributed by atoms with E-state index in [0.29, 0.717) is 5.13 Å². The lowest BCUT2D eigenvalue weighted by molar-refractivity contribution is 0.603. The van der Waals surface area contributed by atoms with Crippen molar-refractivity contribution in [2.45, 2.75) is 0 Å². The van der Waals surface area contributed by atoms with Crippen molar-refractivity contribution in [3.05, 3.63) is 52.5 Å². The SMILES string of the molecule is Fc1ccc(F)c(Nc2nc3cc(Br)ccc3s2)c1. The van der Waals surface area contributed by atoms with Gasteiger partial charge in [0, 0.05) is 10.5 Å². The Kier molecular flexibility index (Phi) is 3.20. The molecular formula is C13H7BrF2N2S. The Bertz CT molecular complexity index is 757. The van der Waals surface area contributed by atoms with Crippen molar-refractivity contribution in [1.82, 2.24) is 4.98 Å². The van der Waals surface area contributed by atoms with E-state index in [9.17, 15) is 8.78 Å². The number of nitrogens with zero attached hydrogens (tertiary/aromatic N) is 1. The second-order valence-electron chi connectivity index (χ2n) is 3.88. The molecule has 6 heteroatoms. The van der Waals surface area contributed by atoms with E-state index in [2.05, 4.69) is 26.2 Å². The Labute approximate surface area is 120 Å². The van der Waals surface area contributed by atoms with Crippen LogP contribution in [-0.4, -0.2) is 4.98 Å². The Hall–Kier alpha value is -1.53. The standard InChI is InChI=1S/C13H7BrF2N2S/c14-7-1-4-12-11(5-7)18-13(19-12)17-10-6-8(15)2-3-9(10)16/h1-6H,(H,17,18). The molecule has 0 radical (unpaired) electrons. The van der Waals surface area contributed by atoms with Gasteiger partial charge in [-0.2, -0.15) is 0 Å². The number of anilines is 2. The number of rotatable bonds is 2. The normalized spacial score (nSPS) is 10.9. The number of nitrogens with one attached hydrogen (secondary N) is 1. The summed E-state index contributed by atoms with van der Waals surface area (Å²) in [6.45, 7) is 0. The molecule has 1 N–H and O–H groups in total. The quantitative estimate of drug-likeness (QED) is 0.703. The summed E-state index contributed by atoms with van der Waals surface area (Å²) in [5.41, 5.74) is 0.886. The van der Waals surface area contributed by atoms with Crippen LogP contribution in [0.15, 0.2) is 40.9 Å². The topological polar surface area (TPSA) is 24.9 Å². The van der Waals surface area contributed by atoms with Gasteiger partial charge in [-0.25, -0.2) is 13.8 Å². The van der Waals surface area contributed by atoms with E-state index in [1.165, 1.54) is 11.3 Å². The first-order chi connectivity index (χ1) is 9.11. The lowest BCUT2D eigenvalue weighted by Crippen LogP contribution is -1.93. The number of fused-ring (bicyclic) bond motifs is 1. The first-order valence-corrected chi connectivity index (χ1v) is 7.01. The van der Waals surface area contributed by atoms with Crippen molar-refractivity contribution in [2.75, 3.05) is 5.32 Å². The van der Waals surface area contributed by atoms with Gasteiger partial charge in [0.2, 0.25) is 0 Å². The molecule has 2 nitrogen and oxygen atoms in total. The van der Waals surface area contributed by atoms with Crippen molar-refractivity contribution in [1.29, 1.82) is 0 Å². The van der Waals surface area contributed by atoms with Crippen LogP contribution in [0.2, 0.25) is 0 Å². The van der Waals surface area contributed by atoms with Gasteiger partial charge in [-0.1, -0.05) is 27.3 Å². The highest BCUT2D eigenvalue weighted by Gasteiger charge is 2.08. The first-order valence-electron chi connectivity index (χ1n) is 5.40. The minimum absolute atomic E-state index is 0.0816. The molecule has 0 spiro atoms. The summed E-state index contributed by atoms with van der Waals surface area (Å²) in [7, 11) is 0. The summed E-state index contributed by atoms with van der Waals surface area (Å²) in [5, 5.41) is 3.32.